The molecule has 0 radical (unpaired) electrons. The van der Waals surface area contributed by atoms with Crippen molar-refractivity contribution in [2.45, 2.75) is 24.5 Å². The van der Waals surface area contributed by atoms with E-state index in [-0.39, 0.29) is 6.10 Å². The summed E-state index contributed by atoms with van der Waals surface area (Å²) in [5.74, 6) is -0.511. The Balaban J connectivity index is 2.07. The minimum atomic E-state index is -1.17. The molecule has 0 aromatic heterocycles. The zero-order valence-electron chi connectivity index (χ0n) is 11.9. The van der Waals surface area contributed by atoms with Gasteiger partial charge in [0.1, 0.15) is 5.54 Å². The maximum Gasteiger partial charge on any atom is 0.243 e. The van der Waals surface area contributed by atoms with Gasteiger partial charge >= 0.3 is 0 Å². The van der Waals surface area contributed by atoms with Gasteiger partial charge in [-0.05, 0) is 25.5 Å². The van der Waals surface area contributed by atoms with Crippen molar-refractivity contribution in [1.29, 1.82) is 0 Å². The third-order valence-corrected chi connectivity index (χ3v) is 3.79. The highest BCUT2D eigenvalue weighted by atomic mass is 16.5. The smallest absolute Gasteiger partial charge is 0.243 e. The molecule has 0 saturated carbocycles. The number of amides is 1. The monoisotopic (exact) mass is 277 g/mol. The Bertz CT molecular complexity index is 446. The number of primary amides is 1. The highest BCUT2D eigenvalue weighted by Gasteiger charge is 2.35. The molecule has 0 spiro atoms. The molecule has 20 heavy (non-hydrogen) atoms. The van der Waals surface area contributed by atoms with Gasteiger partial charge in [-0.1, -0.05) is 30.3 Å². The third-order valence-electron chi connectivity index (χ3n) is 3.79. The van der Waals surface area contributed by atoms with Crippen molar-refractivity contribution in [3.8, 4) is 0 Å². The molecule has 1 aliphatic rings. The molecule has 1 saturated heterocycles. The first kappa shape index (κ1) is 15.0. The van der Waals surface area contributed by atoms with E-state index < -0.39 is 11.4 Å². The molecule has 4 N–H and O–H groups in total. The lowest BCUT2D eigenvalue weighted by Crippen LogP contribution is -2.56. The van der Waals surface area contributed by atoms with E-state index in [1.54, 1.807) is 0 Å². The number of carbonyl (C=O) groups is 1. The van der Waals surface area contributed by atoms with Crippen molar-refractivity contribution in [2.24, 2.45) is 11.5 Å². The van der Waals surface area contributed by atoms with Crippen LogP contribution in [0, 0.1) is 0 Å². The van der Waals surface area contributed by atoms with E-state index >= 15 is 0 Å². The Morgan fingerprint density at radius 2 is 2.15 bits per heavy atom. The zero-order valence-corrected chi connectivity index (χ0v) is 11.9. The van der Waals surface area contributed by atoms with Gasteiger partial charge in [-0.3, -0.25) is 4.79 Å². The highest BCUT2D eigenvalue weighted by Crippen LogP contribution is 2.20. The number of ether oxygens (including phenoxy) is 1. The summed E-state index contributed by atoms with van der Waals surface area (Å²) >= 11 is 0. The number of likely N-dealkylation sites (N-methyl/N-ethyl adjacent to an activating group) is 1. The molecule has 110 valence electrons. The Labute approximate surface area is 119 Å². The summed E-state index contributed by atoms with van der Waals surface area (Å²) < 4.78 is 5.61. The standard InChI is InChI=1S/C15H23N3O2/c1-18(10-13-8-5-9-20-13)11-15(17,14(16)19)12-6-3-2-4-7-12/h2-4,6-7,13H,5,8-11,17H2,1H3,(H2,16,19). The molecule has 1 heterocycles. The Morgan fingerprint density at radius 3 is 2.70 bits per heavy atom. The van der Waals surface area contributed by atoms with E-state index in [1.807, 2.05) is 42.3 Å². The predicted octanol–water partition coefficient (Wildman–Crippen LogP) is 0.437. The zero-order chi connectivity index (χ0) is 14.6. The van der Waals surface area contributed by atoms with Crippen LogP contribution >= 0.6 is 0 Å². The van der Waals surface area contributed by atoms with Gasteiger partial charge in [-0.25, -0.2) is 0 Å². The Hall–Kier alpha value is -1.43. The second kappa shape index (κ2) is 6.35. The second-order valence-electron chi connectivity index (χ2n) is 5.53. The molecule has 1 aromatic rings. The van der Waals surface area contributed by atoms with Crippen molar-refractivity contribution >= 4 is 5.91 Å². The Morgan fingerprint density at radius 1 is 1.45 bits per heavy atom. The van der Waals surface area contributed by atoms with Crippen molar-refractivity contribution in [1.82, 2.24) is 4.90 Å². The summed E-state index contributed by atoms with van der Waals surface area (Å²) in [6, 6.07) is 9.29. The van der Waals surface area contributed by atoms with Gasteiger partial charge in [0.05, 0.1) is 6.10 Å². The van der Waals surface area contributed by atoms with Crippen LogP contribution in [-0.4, -0.2) is 43.7 Å². The lowest BCUT2D eigenvalue weighted by Gasteiger charge is -2.32. The molecule has 1 aliphatic heterocycles. The molecule has 1 fully saturated rings. The quantitative estimate of drug-likeness (QED) is 0.790. The van der Waals surface area contributed by atoms with Crippen LogP contribution in [0.1, 0.15) is 18.4 Å². The average Bonchev–Trinajstić information content (AvgIpc) is 2.92. The van der Waals surface area contributed by atoms with Gasteiger partial charge in [0.2, 0.25) is 5.91 Å². The molecule has 2 rings (SSSR count). The van der Waals surface area contributed by atoms with Crippen molar-refractivity contribution in [3.63, 3.8) is 0 Å². The lowest BCUT2D eigenvalue weighted by atomic mass is 9.89. The van der Waals surface area contributed by atoms with E-state index in [2.05, 4.69) is 0 Å². The van der Waals surface area contributed by atoms with E-state index in [4.69, 9.17) is 16.2 Å². The largest absolute Gasteiger partial charge is 0.377 e. The average molecular weight is 277 g/mol. The molecule has 2 atom stereocenters. The summed E-state index contributed by atoms with van der Waals surface area (Å²) in [5, 5.41) is 0. The molecule has 1 aromatic carbocycles. The fraction of sp³-hybridized carbons (Fsp3) is 0.533. The molecular formula is C15H23N3O2. The van der Waals surface area contributed by atoms with Crippen LogP contribution in [0.25, 0.3) is 0 Å². The van der Waals surface area contributed by atoms with E-state index in [0.717, 1.165) is 31.6 Å². The summed E-state index contributed by atoms with van der Waals surface area (Å²) in [6.07, 6.45) is 2.39. The van der Waals surface area contributed by atoms with Crippen LogP contribution in [0.4, 0.5) is 0 Å². The summed E-state index contributed by atoms with van der Waals surface area (Å²) in [6.45, 7) is 1.96. The van der Waals surface area contributed by atoms with Gasteiger partial charge < -0.3 is 21.1 Å². The number of nitrogens with zero attached hydrogens (tertiary/aromatic N) is 1. The van der Waals surface area contributed by atoms with Gasteiger partial charge in [-0.2, -0.15) is 0 Å². The van der Waals surface area contributed by atoms with Crippen LogP contribution in [0.2, 0.25) is 0 Å². The fourth-order valence-electron chi connectivity index (χ4n) is 2.67. The maximum atomic E-state index is 11.8. The normalized spacial score (nSPS) is 21.9. The van der Waals surface area contributed by atoms with Crippen LogP contribution in [0.3, 0.4) is 0 Å². The van der Waals surface area contributed by atoms with E-state index in [1.165, 1.54) is 0 Å². The van der Waals surface area contributed by atoms with Crippen LogP contribution in [0.5, 0.6) is 0 Å². The van der Waals surface area contributed by atoms with Gasteiger partial charge in [-0.15, -0.1) is 0 Å². The van der Waals surface area contributed by atoms with Crippen molar-refractivity contribution in [2.75, 3.05) is 26.7 Å². The SMILES string of the molecule is CN(CC1CCCO1)CC(N)(C(N)=O)c1ccccc1. The molecule has 0 bridgehead atoms. The van der Waals surface area contributed by atoms with Gasteiger partial charge in [0, 0.05) is 19.7 Å². The van der Waals surface area contributed by atoms with Crippen LogP contribution < -0.4 is 11.5 Å². The molecule has 2 unspecified atom stereocenters. The molecule has 0 aliphatic carbocycles. The minimum Gasteiger partial charge on any atom is -0.377 e. The predicted molar refractivity (Wildman–Crippen MR) is 78.0 cm³/mol. The number of carbonyl (C=O) groups excluding carboxylic acids is 1. The fourth-order valence-corrected chi connectivity index (χ4v) is 2.67. The van der Waals surface area contributed by atoms with Gasteiger partial charge in [0.25, 0.3) is 0 Å². The molecule has 5 heteroatoms. The maximum absolute atomic E-state index is 11.8. The summed E-state index contributed by atoms with van der Waals surface area (Å²) in [5.41, 5.74) is 11.4. The lowest BCUT2D eigenvalue weighted by molar-refractivity contribution is -0.124. The number of hydrogen-bond acceptors (Lipinski definition) is 4. The second-order valence-corrected chi connectivity index (χ2v) is 5.53. The first-order valence-electron chi connectivity index (χ1n) is 6.97. The number of hydrogen-bond donors (Lipinski definition) is 2. The van der Waals surface area contributed by atoms with Crippen molar-refractivity contribution < 1.29 is 9.53 Å². The molecule has 1 amide bonds. The molecule has 5 nitrogen and oxygen atoms in total. The number of rotatable bonds is 6. The third kappa shape index (κ3) is 3.36. The highest BCUT2D eigenvalue weighted by molar-refractivity contribution is 5.86. The van der Waals surface area contributed by atoms with Crippen LogP contribution in [0.15, 0.2) is 30.3 Å². The Kier molecular flexibility index (Phi) is 4.75. The first-order valence-corrected chi connectivity index (χ1v) is 6.97. The first-order chi connectivity index (χ1) is 9.52. The van der Waals surface area contributed by atoms with Crippen molar-refractivity contribution in [3.05, 3.63) is 35.9 Å². The van der Waals surface area contributed by atoms with E-state index in [0.29, 0.717) is 6.54 Å². The number of nitrogens with two attached hydrogens (primary N) is 2. The summed E-state index contributed by atoms with van der Waals surface area (Å²) in [7, 11) is 1.94. The summed E-state index contributed by atoms with van der Waals surface area (Å²) in [4.78, 5) is 13.9. The number of benzene rings is 1. The van der Waals surface area contributed by atoms with Gasteiger partial charge in [0.15, 0.2) is 0 Å². The minimum absolute atomic E-state index is 0.230. The topological polar surface area (TPSA) is 81.6 Å². The van der Waals surface area contributed by atoms with Crippen LogP contribution in [-0.2, 0) is 15.1 Å². The molecular weight excluding hydrogens is 254 g/mol. The van der Waals surface area contributed by atoms with E-state index in [9.17, 15) is 4.79 Å².